The summed E-state index contributed by atoms with van der Waals surface area (Å²) in [7, 11) is 0. The van der Waals surface area contributed by atoms with E-state index in [1.165, 1.54) is 12.1 Å². The Morgan fingerprint density at radius 2 is 1.85 bits per heavy atom. The highest BCUT2D eigenvalue weighted by molar-refractivity contribution is 5.67. The number of hydrogen-bond acceptors (Lipinski definition) is 2. The first-order valence-corrected chi connectivity index (χ1v) is 6.17. The molecule has 2 aromatic carbocycles. The van der Waals surface area contributed by atoms with Crippen LogP contribution in [-0.4, -0.2) is 6.10 Å². The van der Waals surface area contributed by atoms with Crippen molar-refractivity contribution in [3.63, 3.8) is 0 Å². The lowest BCUT2D eigenvalue weighted by Crippen LogP contribution is -2.07. The zero-order valence-electron chi connectivity index (χ0n) is 11.2. The van der Waals surface area contributed by atoms with Crippen molar-refractivity contribution in [2.24, 2.45) is 0 Å². The van der Waals surface area contributed by atoms with Crippen LogP contribution >= 0.6 is 0 Å². The summed E-state index contributed by atoms with van der Waals surface area (Å²) in [5.74, 6) is -0.882. The minimum absolute atomic E-state index is 0.101. The standard InChI is InChI=1S/C16H13F2NO/c1-10(2)20-16-7-11(3-4-12(16)9-19)14-6-5-13(17)8-15(14)18/h3-8,10H,1-2H3. The van der Waals surface area contributed by atoms with E-state index in [9.17, 15) is 8.78 Å². The lowest BCUT2D eigenvalue weighted by atomic mass is 10.0. The van der Waals surface area contributed by atoms with Gasteiger partial charge in [0.25, 0.3) is 0 Å². The molecule has 0 aliphatic heterocycles. The molecule has 0 N–H and O–H groups in total. The molecule has 0 saturated carbocycles. The highest BCUT2D eigenvalue weighted by Crippen LogP contribution is 2.29. The Hall–Kier alpha value is -2.41. The Labute approximate surface area is 116 Å². The summed E-state index contributed by atoms with van der Waals surface area (Å²) in [5.41, 5.74) is 1.19. The summed E-state index contributed by atoms with van der Waals surface area (Å²) in [6.45, 7) is 3.68. The molecule has 0 unspecified atom stereocenters. The molecular formula is C16H13F2NO. The molecule has 0 fully saturated rings. The van der Waals surface area contributed by atoms with Gasteiger partial charge in [-0.2, -0.15) is 5.26 Å². The largest absolute Gasteiger partial charge is 0.490 e. The fraction of sp³-hybridized carbons (Fsp3) is 0.188. The van der Waals surface area contributed by atoms with Gasteiger partial charge in [-0.05, 0) is 43.7 Å². The van der Waals surface area contributed by atoms with Gasteiger partial charge in [0, 0.05) is 11.6 Å². The van der Waals surface area contributed by atoms with Gasteiger partial charge in [-0.1, -0.05) is 6.07 Å². The van der Waals surface area contributed by atoms with Gasteiger partial charge >= 0.3 is 0 Å². The maximum Gasteiger partial charge on any atom is 0.138 e. The lowest BCUT2D eigenvalue weighted by molar-refractivity contribution is 0.242. The van der Waals surface area contributed by atoms with Crippen LogP contribution in [0.15, 0.2) is 36.4 Å². The highest BCUT2D eigenvalue weighted by atomic mass is 19.1. The van der Waals surface area contributed by atoms with E-state index in [0.717, 1.165) is 6.07 Å². The number of rotatable bonds is 3. The fourth-order valence-electron chi connectivity index (χ4n) is 1.86. The number of benzene rings is 2. The van der Waals surface area contributed by atoms with Crippen molar-refractivity contribution in [3.8, 4) is 22.9 Å². The monoisotopic (exact) mass is 273 g/mol. The first kappa shape index (κ1) is 14.0. The SMILES string of the molecule is CC(C)Oc1cc(-c2ccc(F)cc2F)ccc1C#N. The molecule has 2 aromatic rings. The second-order valence-electron chi connectivity index (χ2n) is 4.61. The molecule has 102 valence electrons. The predicted octanol–water partition coefficient (Wildman–Crippen LogP) is 4.29. The Morgan fingerprint density at radius 1 is 1.10 bits per heavy atom. The Kier molecular flexibility index (Phi) is 3.99. The topological polar surface area (TPSA) is 33.0 Å². The summed E-state index contributed by atoms with van der Waals surface area (Å²) in [5, 5.41) is 9.03. The van der Waals surface area contributed by atoms with Crippen molar-refractivity contribution >= 4 is 0 Å². The van der Waals surface area contributed by atoms with Crippen LogP contribution in [0.25, 0.3) is 11.1 Å². The minimum Gasteiger partial charge on any atom is -0.490 e. The minimum atomic E-state index is -0.648. The Bertz CT molecular complexity index is 675. The highest BCUT2D eigenvalue weighted by Gasteiger charge is 2.11. The van der Waals surface area contributed by atoms with Crippen molar-refractivity contribution in [2.75, 3.05) is 0 Å². The molecule has 2 nitrogen and oxygen atoms in total. The molecule has 2 rings (SSSR count). The van der Waals surface area contributed by atoms with Crippen LogP contribution in [0.5, 0.6) is 5.75 Å². The zero-order chi connectivity index (χ0) is 14.7. The molecule has 0 aliphatic carbocycles. The van der Waals surface area contributed by atoms with E-state index in [2.05, 4.69) is 0 Å². The normalized spacial score (nSPS) is 10.4. The van der Waals surface area contributed by atoms with Crippen molar-refractivity contribution in [2.45, 2.75) is 20.0 Å². The second-order valence-corrected chi connectivity index (χ2v) is 4.61. The molecule has 0 heterocycles. The van der Waals surface area contributed by atoms with Gasteiger partial charge in [-0.25, -0.2) is 8.78 Å². The van der Waals surface area contributed by atoms with Gasteiger partial charge < -0.3 is 4.74 Å². The van der Waals surface area contributed by atoms with Crippen molar-refractivity contribution in [3.05, 3.63) is 53.6 Å². The first-order valence-electron chi connectivity index (χ1n) is 6.17. The maximum atomic E-state index is 13.8. The van der Waals surface area contributed by atoms with E-state index in [1.54, 1.807) is 18.2 Å². The van der Waals surface area contributed by atoms with Crippen molar-refractivity contribution in [1.29, 1.82) is 5.26 Å². The molecule has 0 aliphatic rings. The molecule has 0 radical (unpaired) electrons. The summed E-state index contributed by atoms with van der Waals surface area (Å²) in [6, 6.07) is 10.2. The van der Waals surface area contributed by atoms with E-state index in [0.29, 0.717) is 16.9 Å². The van der Waals surface area contributed by atoms with Crippen LogP contribution in [-0.2, 0) is 0 Å². The van der Waals surface area contributed by atoms with E-state index >= 15 is 0 Å². The lowest BCUT2D eigenvalue weighted by Gasteiger charge is -2.13. The third-order valence-electron chi connectivity index (χ3n) is 2.71. The van der Waals surface area contributed by atoms with E-state index in [4.69, 9.17) is 10.00 Å². The average molecular weight is 273 g/mol. The summed E-state index contributed by atoms with van der Waals surface area (Å²) in [6.07, 6.45) is -0.101. The quantitative estimate of drug-likeness (QED) is 0.835. The summed E-state index contributed by atoms with van der Waals surface area (Å²) >= 11 is 0. The number of nitriles is 1. The number of ether oxygens (including phenoxy) is 1. The molecule has 0 spiro atoms. The maximum absolute atomic E-state index is 13.8. The molecule has 0 bridgehead atoms. The summed E-state index contributed by atoms with van der Waals surface area (Å²) in [4.78, 5) is 0. The van der Waals surface area contributed by atoms with Gasteiger partial charge in [-0.3, -0.25) is 0 Å². The molecule has 0 saturated heterocycles. The fourth-order valence-corrected chi connectivity index (χ4v) is 1.86. The van der Waals surface area contributed by atoms with E-state index in [1.807, 2.05) is 19.9 Å². The van der Waals surface area contributed by atoms with Gasteiger partial charge in [0.1, 0.15) is 23.5 Å². The number of halogens is 2. The average Bonchev–Trinajstić information content (AvgIpc) is 2.38. The van der Waals surface area contributed by atoms with Crippen LogP contribution in [0.2, 0.25) is 0 Å². The predicted molar refractivity (Wildman–Crippen MR) is 72.3 cm³/mol. The van der Waals surface area contributed by atoms with E-state index < -0.39 is 11.6 Å². The Morgan fingerprint density at radius 3 is 2.45 bits per heavy atom. The van der Waals surface area contributed by atoms with E-state index in [-0.39, 0.29) is 11.7 Å². The number of hydrogen-bond donors (Lipinski definition) is 0. The number of nitrogens with zero attached hydrogens (tertiary/aromatic N) is 1. The second kappa shape index (κ2) is 5.70. The van der Waals surface area contributed by atoms with Crippen LogP contribution in [0.3, 0.4) is 0 Å². The molecule has 0 amide bonds. The van der Waals surface area contributed by atoms with Crippen molar-refractivity contribution in [1.82, 2.24) is 0 Å². The van der Waals surface area contributed by atoms with Gasteiger partial charge in [0.2, 0.25) is 0 Å². The van der Waals surface area contributed by atoms with Crippen molar-refractivity contribution < 1.29 is 13.5 Å². The van der Waals surface area contributed by atoms with Crippen LogP contribution < -0.4 is 4.74 Å². The Balaban J connectivity index is 2.50. The molecule has 0 aromatic heterocycles. The molecule has 4 heteroatoms. The van der Waals surface area contributed by atoms with Gasteiger partial charge in [0.05, 0.1) is 11.7 Å². The zero-order valence-corrected chi connectivity index (χ0v) is 11.2. The van der Waals surface area contributed by atoms with Gasteiger partial charge in [0.15, 0.2) is 0 Å². The third-order valence-corrected chi connectivity index (χ3v) is 2.71. The first-order chi connectivity index (χ1) is 9.51. The molecule has 20 heavy (non-hydrogen) atoms. The summed E-state index contributed by atoms with van der Waals surface area (Å²) < 4.78 is 32.2. The smallest absolute Gasteiger partial charge is 0.138 e. The van der Waals surface area contributed by atoms with Gasteiger partial charge in [-0.15, -0.1) is 0 Å². The third kappa shape index (κ3) is 2.94. The molecule has 0 atom stereocenters. The molecular weight excluding hydrogens is 260 g/mol. The van der Waals surface area contributed by atoms with Crippen LogP contribution in [0.1, 0.15) is 19.4 Å². The van der Waals surface area contributed by atoms with Crippen LogP contribution in [0.4, 0.5) is 8.78 Å². The van der Waals surface area contributed by atoms with Crippen LogP contribution in [0, 0.1) is 23.0 Å².